The molecule has 0 saturated carbocycles. The predicted molar refractivity (Wildman–Crippen MR) is 105 cm³/mol. The highest BCUT2D eigenvalue weighted by atomic mass is 16.5. The predicted octanol–water partition coefficient (Wildman–Crippen LogP) is 1.62. The van der Waals surface area contributed by atoms with E-state index in [1.165, 1.54) is 0 Å². The number of Topliss-reactive ketones (excluding diaryl/α,β-unsaturated/α-hetero) is 2. The molecular formula is C21H28N2O6. The number of alkyl carbamates (subject to hydrolysis) is 1. The van der Waals surface area contributed by atoms with E-state index in [9.17, 15) is 19.2 Å². The molecule has 1 aromatic rings. The van der Waals surface area contributed by atoms with Crippen LogP contribution in [-0.4, -0.2) is 49.4 Å². The number of benzene rings is 1. The van der Waals surface area contributed by atoms with Crippen molar-refractivity contribution in [2.24, 2.45) is 11.8 Å². The van der Waals surface area contributed by atoms with E-state index >= 15 is 0 Å². The summed E-state index contributed by atoms with van der Waals surface area (Å²) >= 11 is 0. The summed E-state index contributed by atoms with van der Waals surface area (Å²) in [6, 6.07) is 8.39. The molecule has 1 saturated heterocycles. The summed E-state index contributed by atoms with van der Waals surface area (Å²) in [5, 5.41) is 5.05. The zero-order valence-corrected chi connectivity index (χ0v) is 16.8. The average Bonchev–Trinajstić information content (AvgIpc) is 2.69. The van der Waals surface area contributed by atoms with Crippen LogP contribution in [0.2, 0.25) is 0 Å². The molecule has 8 heteroatoms. The number of hydrogen-bond acceptors (Lipinski definition) is 6. The van der Waals surface area contributed by atoms with Crippen LogP contribution in [0, 0.1) is 11.8 Å². The van der Waals surface area contributed by atoms with Crippen LogP contribution < -0.4 is 10.6 Å². The van der Waals surface area contributed by atoms with E-state index in [1.807, 2.05) is 44.2 Å². The molecule has 0 aromatic heterocycles. The maximum atomic E-state index is 12.8. The lowest BCUT2D eigenvalue weighted by Gasteiger charge is -2.23. The van der Waals surface area contributed by atoms with Crippen molar-refractivity contribution in [2.75, 3.05) is 19.8 Å². The highest BCUT2D eigenvalue weighted by molar-refractivity contribution is 6.37. The maximum Gasteiger partial charge on any atom is 0.408 e. The van der Waals surface area contributed by atoms with Crippen molar-refractivity contribution in [3.05, 3.63) is 35.9 Å². The van der Waals surface area contributed by atoms with Crippen LogP contribution in [-0.2, 0) is 30.5 Å². The van der Waals surface area contributed by atoms with Crippen molar-refractivity contribution in [3.63, 3.8) is 0 Å². The molecule has 2 N–H and O–H groups in total. The summed E-state index contributed by atoms with van der Waals surface area (Å²) in [5.41, 5.74) is 0.831. The van der Waals surface area contributed by atoms with Gasteiger partial charge in [0.15, 0.2) is 5.78 Å². The van der Waals surface area contributed by atoms with E-state index in [0.29, 0.717) is 6.42 Å². The second-order valence-electron chi connectivity index (χ2n) is 7.45. The Hall–Kier alpha value is -2.74. The van der Waals surface area contributed by atoms with Gasteiger partial charge >= 0.3 is 6.09 Å². The molecule has 1 fully saturated rings. The quantitative estimate of drug-likeness (QED) is 0.637. The molecule has 1 heterocycles. The van der Waals surface area contributed by atoms with Gasteiger partial charge in [-0.2, -0.15) is 0 Å². The van der Waals surface area contributed by atoms with Gasteiger partial charge in [-0.05, 0) is 17.9 Å². The van der Waals surface area contributed by atoms with Crippen LogP contribution in [0.25, 0.3) is 0 Å². The highest BCUT2D eigenvalue weighted by Gasteiger charge is 2.32. The fourth-order valence-corrected chi connectivity index (χ4v) is 3.00. The van der Waals surface area contributed by atoms with E-state index in [4.69, 9.17) is 9.47 Å². The Morgan fingerprint density at radius 2 is 1.97 bits per heavy atom. The number of carbonyl (C=O) groups excluding carboxylic acids is 4. The van der Waals surface area contributed by atoms with Crippen molar-refractivity contribution in [1.29, 1.82) is 0 Å². The second-order valence-corrected chi connectivity index (χ2v) is 7.45. The third-order valence-electron chi connectivity index (χ3n) is 4.49. The summed E-state index contributed by atoms with van der Waals surface area (Å²) in [6.45, 7) is 4.48. The molecule has 8 nitrogen and oxygen atoms in total. The molecule has 0 spiro atoms. The lowest BCUT2D eigenvalue weighted by molar-refractivity contribution is -0.144. The van der Waals surface area contributed by atoms with Crippen LogP contribution >= 0.6 is 0 Å². The van der Waals surface area contributed by atoms with E-state index in [1.54, 1.807) is 0 Å². The summed E-state index contributed by atoms with van der Waals surface area (Å²) < 4.78 is 10.5. The van der Waals surface area contributed by atoms with E-state index in [-0.39, 0.29) is 44.5 Å². The lowest BCUT2D eigenvalue weighted by Crippen LogP contribution is -2.46. The topological polar surface area (TPSA) is 111 Å². The molecule has 2 unspecified atom stereocenters. The average molecular weight is 404 g/mol. The van der Waals surface area contributed by atoms with Gasteiger partial charge in [0.1, 0.15) is 6.61 Å². The number of carbonyl (C=O) groups is 4. The third-order valence-corrected chi connectivity index (χ3v) is 4.49. The van der Waals surface area contributed by atoms with Crippen molar-refractivity contribution >= 4 is 23.6 Å². The number of ketones is 2. The van der Waals surface area contributed by atoms with Gasteiger partial charge < -0.3 is 20.1 Å². The van der Waals surface area contributed by atoms with E-state index in [0.717, 1.165) is 5.56 Å². The van der Waals surface area contributed by atoms with Gasteiger partial charge in [0.25, 0.3) is 5.91 Å². The Balaban J connectivity index is 1.96. The van der Waals surface area contributed by atoms with Crippen molar-refractivity contribution in [2.45, 2.75) is 39.3 Å². The number of hydrogen-bond donors (Lipinski definition) is 2. The third kappa shape index (κ3) is 7.65. The zero-order valence-electron chi connectivity index (χ0n) is 16.8. The van der Waals surface area contributed by atoms with Gasteiger partial charge in [0.05, 0.1) is 25.2 Å². The van der Waals surface area contributed by atoms with Crippen molar-refractivity contribution in [3.8, 4) is 0 Å². The number of amides is 2. The number of ether oxygens (including phenoxy) is 2. The normalized spacial score (nSPS) is 18.4. The summed E-state index contributed by atoms with van der Waals surface area (Å²) in [5.74, 6) is -2.44. The van der Waals surface area contributed by atoms with Gasteiger partial charge in [0, 0.05) is 13.0 Å². The van der Waals surface area contributed by atoms with Crippen LogP contribution in [0.15, 0.2) is 30.3 Å². The molecule has 1 aliphatic rings. The first-order valence-electron chi connectivity index (χ1n) is 9.76. The Kier molecular flexibility index (Phi) is 8.79. The first-order chi connectivity index (χ1) is 13.9. The summed E-state index contributed by atoms with van der Waals surface area (Å²) in [7, 11) is 0. The van der Waals surface area contributed by atoms with E-state index < -0.39 is 29.7 Å². The Morgan fingerprint density at radius 1 is 1.24 bits per heavy atom. The molecule has 0 radical (unpaired) electrons. The smallest absolute Gasteiger partial charge is 0.408 e. The van der Waals surface area contributed by atoms with Gasteiger partial charge in [-0.3, -0.25) is 14.4 Å². The monoisotopic (exact) mass is 404 g/mol. The fourth-order valence-electron chi connectivity index (χ4n) is 3.00. The molecule has 0 bridgehead atoms. The number of rotatable bonds is 8. The lowest BCUT2D eigenvalue weighted by atomic mass is 9.91. The molecule has 1 aromatic carbocycles. The molecule has 2 amide bonds. The van der Waals surface area contributed by atoms with Crippen LogP contribution in [0.5, 0.6) is 0 Å². The van der Waals surface area contributed by atoms with Crippen molar-refractivity contribution < 1.29 is 28.7 Å². The van der Waals surface area contributed by atoms with Crippen LogP contribution in [0.1, 0.15) is 32.3 Å². The van der Waals surface area contributed by atoms with Crippen molar-refractivity contribution in [1.82, 2.24) is 10.6 Å². The summed E-state index contributed by atoms with van der Waals surface area (Å²) in [4.78, 5) is 49.0. The second kappa shape index (κ2) is 11.3. The first-order valence-corrected chi connectivity index (χ1v) is 9.76. The minimum Gasteiger partial charge on any atom is -0.445 e. The molecule has 0 aliphatic carbocycles. The minimum absolute atomic E-state index is 0.00481. The summed E-state index contributed by atoms with van der Waals surface area (Å²) in [6.07, 6.45) is -0.485. The van der Waals surface area contributed by atoms with Gasteiger partial charge in [-0.15, -0.1) is 0 Å². The first kappa shape index (κ1) is 22.5. The van der Waals surface area contributed by atoms with Gasteiger partial charge in [0.2, 0.25) is 5.78 Å². The zero-order chi connectivity index (χ0) is 21.2. The molecule has 1 aliphatic heterocycles. The Morgan fingerprint density at radius 3 is 2.66 bits per heavy atom. The van der Waals surface area contributed by atoms with Gasteiger partial charge in [-0.1, -0.05) is 44.2 Å². The Labute approximate surface area is 170 Å². The molecule has 29 heavy (non-hydrogen) atoms. The SMILES string of the molecule is CC(C)CC(NC(=O)OCc1ccccc1)C(=O)CC1COCCNC(=O)C1=O. The van der Waals surface area contributed by atoms with Crippen LogP contribution in [0.4, 0.5) is 4.79 Å². The van der Waals surface area contributed by atoms with E-state index in [2.05, 4.69) is 10.6 Å². The molecule has 2 atom stereocenters. The molecule has 158 valence electrons. The molecular weight excluding hydrogens is 376 g/mol. The molecule has 2 rings (SSSR count). The highest BCUT2D eigenvalue weighted by Crippen LogP contribution is 2.14. The largest absolute Gasteiger partial charge is 0.445 e. The van der Waals surface area contributed by atoms with Crippen LogP contribution in [0.3, 0.4) is 0 Å². The minimum atomic E-state index is -0.861. The Bertz CT molecular complexity index is 719. The standard InChI is InChI=1S/C21H28N2O6/c1-14(2)10-17(23-21(27)29-12-15-6-4-3-5-7-15)18(24)11-16-13-28-9-8-22-20(26)19(16)25/h3-7,14,16-17H,8-13H2,1-2H3,(H,22,26)(H,23,27). The number of nitrogens with one attached hydrogen (secondary N) is 2. The fraction of sp³-hybridized carbons (Fsp3) is 0.524. The maximum absolute atomic E-state index is 12.8. The van der Waals surface area contributed by atoms with Gasteiger partial charge in [-0.25, -0.2) is 4.79 Å².